The zero-order chi connectivity index (χ0) is 15.3. The first-order chi connectivity index (χ1) is 9.36. The largest absolute Gasteiger partial charge is 0.478 e. The number of hydrogen-bond donors (Lipinski definition) is 2. The quantitative estimate of drug-likeness (QED) is 0.863. The Hall–Kier alpha value is -1.46. The van der Waals surface area contributed by atoms with E-state index in [9.17, 15) is 9.59 Å². The maximum absolute atomic E-state index is 12.0. The van der Waals surface area contributed by atoms with Crippen LogP contribution in [0.15, 0.2) is 12.1 Å². The van der Waals surface area contributed by atoms with Crippen LogP contribution in [0, 0.1) is 0 Å². The monoisotopic (exact) mass is 318 g/mol. The molecule has 0 saturated carbocycles. The van der Waals surface area contributed by atoms with Gasteiger partial charge in [0.25, 0.3) is 0 Å². The summed E-state index contributed by atoms with van der Waals surface area (Å²) in [5.74, 6) is -1.21. The number of urea groups is 1. The number of carboxylic acid groups (broad SMARTS) is 1. The fourth-order valence-electron chi connectivity index (χ4n) is 1.57. The minimum Gasteiger partial charge on any atom is -0.478 e. The number of carbonyl (C=O) groups excluding carboxylic acids is 1. The van der Waals surface area contributed by atoms with Gasteiger partial charge in [0.05, 0.1) is 16.3 Å². The van der Waals surface area contributed by atoms with Gasteiger partial charge >= 0.3 is 12.0 Å². The molecule has 0 aromatic heterocycles. The van der Waals surface area contributed by atoms with E-state index in [-0.39, 0.29) is 21.3 Å². The van der Waals surface area contributed by atoms with Crippen LogP contribution < -0.4 is 5.32 Å². The summed E-state index contributed by atoms with van der Waals surface area (Å²) >= 11 is 11.7. The molecule has 0 bridgehead atoms. The van der Waals surface area contributed by atoms with Crippen molar-refractivity contribution >= 4 is 40.9 Å². The highest BCUT2D eigenvalue weighted by molar-refractivity contribution is 6.37. The lowest BCUT2D eigenvalue weighted by Crippen LogP contribution is -2.32. The molecule has 0 radical (unpaired) electrons. The standard InChI is InChI=1S/C13H16Cl2N2O3/c1-3-4-5-17(2)13(20)16-11-9(12(18)19)6-8(14)7-10(11)15/h6-7H,3-5H2,1-2H3,(H,16,20)(H,18,19). The average molecular weight is 319 g/mol. The molecule has 0 atom stereocenters. The Bertz CT molecular complexity index is 521. The second-order valence-electron chi connectivity index (χ2n) is 4.32. The Morgan fingerprint density at radius 3 is 2.55 bits per heavy atom. The Kier molecular flexibility index (Phi) is 6.10. The molecule has 2 N–H and O–H groups in total. The highest BCUT2D eigenvalue weighted by Crippen LogP contribution is 2.30. The third kappa shape index (κ3) is 4.28. The number of nitrogens with one attached hydrogen (secondary N) is 1. The summed E-state index contributed by atoms with van der Waals surface area (Å²) in [6, 6.07) is 2.22. The molecule has 0 aliphatic heterocycles. The molecule has 2 amide bonds. The first-order valence-corrected chi connectivity index (χ1v) is 6.86. The highest BCUT2D eigenvalue weighted by atomic mass is 35.5. The number of benzene rings is 1. The SMILES string of the molecule is CCCCN(C)C(=O)Nc1c(Cl)cc(Cl)cc1C(=O)O. The fraction of sp³-hybridized carbons (Fsp3) is 0.385. The van der Waals surface area contributed by atoms with Crippen LogP contribution in [0.5, 0.6) is 0 Å². The van der Waals surface area contributed by atoms with Gasteiger partial charge in [-0.15, -0.1) is 0 Å². The Balaban J connectivity index is 2.97. The topological polar surface area (TPSA) is 69.6 Å². The van der Waals surface area contributed by atoms with Crippen LogP contribution in [0.25, 0.3) is 0 Å². The number of halogens is 2. The molecule has 0 fully saturated rings. The third-order valence-corrected chi connectivity index (χ3v) is 3.23. The molecule has 0 saturated heterocycles. The number of rotatable bonds is 5. The Morgan fingerprint density at radius 2 is 2.00 bits per heavy atom. The van der Waals surface area contributed by atoms with Crippen LogP contribution in [-0.2, 0) is 0 Å². The Morgan fingerprint density at radius 1 is 1.35 bits per heavy atom. The van der Waals surface area contributed by atoms with Crippen molar-refractivity contribution in [2.45, 2.75) is 19.8 Å². The van der Waals surface area contributed by atoms with Gasteiger partial charge in [-0.3, -0.25) is 0 Å². The first-order valence-electron chi connectivity index (χ1n) is 6.11. The van der Waals surface area contributed by atoms with Crippen molar-refractivity contribution in [2.75, 3.05) is 18.9 Å². The van der Waals surface area contributed by atoms with Crippen molar-refractivity contribution in [3.8, 4) is 0 Å². The molecular weight excluding hydrogens is 303 g/mol. The number of carboxylic acids is 1. The van der Waals surface area contributed by atoms with Crippen LogP contribution in [0.2, 0.25) is 10.0 Å². The van der Waals surface area contributed by atoms with Crippen LogP contribution in [0.3, 0.4) is 0 Å². The molecule has 0 heterocycles. The van der Waals surface area contributed by atoms with Crippen LogP contribution in [0.4, 0.5) is 10.5 Å². The van der Waals surface area contributed by atoms with Crippen LogP contribution in [-0.4, -0.2) is 35.6 Å². The smallest absolute Gasteiger partial charge is 0.337 e. The number of hydrogen-bond acceptors (Lipinski definition) is 2. The summed E-state index contributed by atoms with van der Waals surface area (Å²) in [4.78, 5) is 24.6. The van der Waals surface area contributed by atoms with E-state index in [1.807, 2.05) is 6.92 Å². The predicted octanol–water partition coefficient (Wildman–Crippen LogP) is 3.96. The molecule has 1 aromatic carbocycles. The van der Waals surface area contributed by atoms with Gasteiger partial charge < -0.3 is 15.3 Å². The summed E-state index contributed by atoms with van der Waals surface area (Å²) < 4.78 is 0. The zero-order valence-electron chi connectivity index (χ0n) is 11.2. The molecule has 5 nitrogen and oxygen atoms in total. The lowest BCUT2D eigenvalue weighted by molar-refractivity contribution is 0.0698. The predicted molar refractivity (Wildman–Crippen MR) is 80.0 cm³/mol. The van der Waals surface area contributed by atoms with Gasteiger partial charge in [0.15, 0.2) is 0 Å². The van der Waals surface area contributed by atoms with Crippen LogP contribution in [0.1, 0.15) is 30.1 Å². The number of carbonyl (C=O) groups is 2. The molecule has 1 aromatic rings. The van der Waals surface area contributed by atoms with E-state index in [0.717, 1.165) is 12.8 Å². The number of unbranched alkanes of at least 4 members (excludes halogenated alkanes) is 1. The van der Waals surface area contributed by atoms with E-state index >= 15 is 0 Å². The van der Waals surface area contributed by atoms with Gasteiger partial charge in [-0.2, -0.15) is 0 Å². The van der Waals surface area contributed by atoms with Crippen molar-refractivity contribution in [2.24, 2.45) is 0 Å². The lowest BCUT2D eigenvalue weighted by atomic mass is 10.2. The van der Waals surface area contributed by atoms with Gasteiger partial charge in [-0.05, 0) is 18.6 Å². The van der Waals surface area contributed by atoms with E-state index in [4.69, 9.17) is 28.3 Å². The molecule has 0 aliphatic rings. The number of anilines is 1. The summed E-state index contributed by atoms with van der Waals surface area (Å²) in [5, 5.41) is 11.9. The average Bonchev–Trinajstić information content (AvgIpc) is 2.38. The van der Waals surface area contributed by atoms with Crippen molar-refractivity contribution in [3.63, 3.8) is 0 Å². The molecule has 7 heteroatoms. The van der Waals surface area contributed by atoms with Gasteiger partial charge in [0.1, 0.15) is 0 Å². The van der Waals surface area contributed by atoms with Crippen molar-refractivity contribution in [1.29, 1.82) is 0 Å². The second kappa shape index (κ2) is 7.36. The molecule has 110 valence electrons. The highest BCUT2D eigenvalue weighted by Gasteiger charge is 2.18. The number of amides is 2. The van der Waals surface area contributed by atoms with Gasteiger partial charge in [0.2, 0.25) is 0 Å². The minimum atomic E-state index is -1.21. The summed E-state index contributed by atoms with van der Waals surface area (Å²) in [6.45, 7) is 2.60. The molecule has 0 spiro atoms. The normalized spacial score (nSPS) is 10.2. The third-order valence-electron chi connectivity index (χ3n) is 2.71. The molecule has 0 unspecified atom stereocenters. The van der Waals surface area contributed by atoms with Gasteiger partial charge in [0, 0.05) is 18.6 Å². The molecule has 1 rings (SSSR count). The molecular formula is C13H16Cl2N2O3. The van der Waals surface area contributed by atoms with E-state index in [2.05, 4.69) is 5.32 Å². The summed E-state index contributed by atoms with van der Waals surface area (Å²) in [5.41, 5.74) is -0.0864. The van der Waals surface area contributed by atoms with E-state index < -0.39 is 12.0 Å². The summed E-state index contributed by atoms with van der Waals surface area (Å²) in [6.07, 6.45) is 1.82. The van der Waals surface area contributed by atoms with E-state index in [1.165, 1.54) is 17.0 Å². The van der Waals surface area contributed by atoms with Crippen molar-refractivity contribution in [3.05, 3.63) is 27.7 Å². The van der Waals surface area contributed by atoms with Crippen molar-refractivity contribution < 1.29 is 14.7 Å². The van der Waals surface area contributed by atoms with Crippen LogP contribution >= 0.6 is 23.2 Å². The second-order valence-corrected chi connectivity index (χ2v) is 5.16. The fourth-order valence-corrected chi connectivity index (χ4v) is 2.11. The number of nitrogens with zero attached hydrogens (tertiary/aromatic N) is 1. The zero-order valence-corrected chi connectivity index (χ0v) is 12.8. The van der Waals surface area contributed by atoms with Crippen molar-refractivity contribution in [1.82, 2.24) is 4.90 Å². The first kappa shape index (κ1) is 16.6. The molecule has 20 heavy (non-hydrogen) atoms. The number of aromatic carboxylic acids is 1. The van der Waals surface area contributed by atoms with E-state index in [1.54, 1.807) is 7.05 Å². The minimum absolute atomic E-state index is 0.0527. The van der Waals surface area contributed by atoms with Gasteiger partial charge in [-0.1, -0.05) is 36.5 Å². The van der Waals surface area contributed by atoms with E-state index in [0.29, 0.717) is 6.54 Å². The van der Waals surface area contributed by atoms with Gasteiger partial charge in [-0.25, -0.2) is 9.59 Å². The summed E-state index contributed by atoms with van der Waals surface area (Å²) in [7, 11) is 1.63. The maximum atomic E-state index is 12.0. The Labute approximate surface area is 127 Å². The maximum Gasteiger partial charge on any atom is 0.337 e. The lowest BCUT2D eigenvalue weighted by Gasteiger charge is -2.19. The molecule has 0 aliphatic carbocycles.